The number of aliphatic imine (C=N–C) groups is 1. The van der Waals surface area contributed by atoms with E-state index in [0.29, 0.717) is 21.2 Å². The number of anilines is 2. The Morgan fingerprint density at radius 1 is 1.36 bits per heavy atom. The van der Waals surface area contributed by atoms with Gasteiger partial charge in [-0.1, -0.05) is 12.1 Å². The molecule has 0 aliphatic carbocycles. The number of rotatable bonds is 0. The summed E-state index contributed by atoms with van der Waals surface area (Å²) < 4.78 is 64.7. The van der Waals surface area contributed by atoms with Crippen LogP contribution in [-0.4, -0.2) is 48.7 Å². The fourth-order valence-corrected chi connectivity index (χ4v) is 3.34. The molecule has 1 aromatic carbocycles. The Kier molecular flexibility index (Phi) is 1.87. The lowest BCUT2D eigenvalue weighted by molar-refractivity contribution is 0.216. The van der Waals surface area contributed by atoms with Crippen LogP contribution in [0.3, 0.4) is 0 Å². The standard InChI is InChI=1S/C17H20N4S/c1-12-11-13-16(21-9-7-20(2)8-10-21)18-14-5-3-4-6-15(14)19-17(13)22-12/h3-6,11,19H,7-10H2,1-2H3/i2D3,7D2,8D2,11D. The zero-order valence-electron chi connectivity index (χ0n) is 20.0. The molecule has 0 bridgehead atoms. The number of benzene rings is 1. The van der Waals surface area contributed by atoms with Crippen LogP contribution in [0, 0.1) is 6.92 Å². The molecular formula is C17H20N4S. The van der Waals surface area contributed by atoms with Crippen LogP contribution in [0.25, 0.3) is 0 Å². The average molecular weight is 320 g/mol. The summed E-state index contributed by atoms with van der Waals surface area (Å²) in [6, 6.07) is 7.50. The van der Waals surface area contributed by atoms with Crippen molar-refractivity contribution < 1.29 is 11.0 Å². The third-order valence-electron chi connectivity index (χ3n) is 3.52. The largest absolute Gasteiger partial charge is 0.353 e. The van der Waals surface area contributed by atoms with Gasteiger partial charge in [-0.25, -0.2) is 4.99 Å². The summed E-state index contributed by atoms with van der Waals surface area (Å²) in [5, 5.41) is 3.94. The summed E-state index contributed by atoms with van der Waals surface area (Å²) in [5.74, 6) is 0.259. The van der Waals surface area contributed by atoms with Crippen LogP contribution >= 0.6 is 11.3 Å². The number of amidine groups is 1. The molecule has 0 spiro atoms. The van der Waals surface area contributed by atoms with E-state index in [0.717, 1.165) is 10.6 Å². The van der Waals surface area contributed by atoms with Crippen LogP contribution in [0.15, 0.2) is 35.3 Å². The first-order valence-electron chi connectivity index (χ1n) is 10.9. The van der Waals surface area contributed by atoms with Gasteiger partial charge in [-0.3, -0.25) is 0 Å². The number of thiophene rings is 1. The minimum Gasteiger partial charge on any atom is -0.353 e. The van der Waals surface area contributed by atoms with Gasteiger partial charge < -0.3 is 15.1 Å². The Morgan fingerprint density at radius 3 is 3.00 bits per heavy atom. The summed E-state index contributed by atoms with van der Waals surface area (Å²) in [6.45, 7) is -6.91. The number of likely N-dealkylation sites (N-methyl/N-ethyl adjacent to an activating group) is 1. The lowest BCUT2D eigenvalue weighted by Crippen LogP contribution is -2.47. The lowest BCUT2D eigenvalue weighted by atomic mass is 10.2. The maximum absolute atomic E-state index is 8.52. The van der Waals surface area contributed by atoms with Gasteiger partial charge in [0.25, 0.3) is 0 Å². The smallest absolute Gasteiger partial charge is 0.139 e. The Balaban J connectivity index is 1.86. The minimum atomic E-state index is -2.94. The molecule has 4 rings (SSSR count). The van der Waals surface area contributed by atoms with E-state index in [1.54, 1.807) is 19.1 Å². The first-order chi connectivity index (χ1) is 13.8. The highest BCUT2D eigenvalue weighted by atomic mass is 32.1. The van der Waals surface area contributed by atoms with E-state index in [-0.39, 0.29) is 11.9 Å². The number of nitrogens with one attached hydrogen (secondary N) is 1. The van der Waals surface area contributed by atoms with Crippen LogP contribution in [0.2, 0.25) is 0 Å². The Bertz CT molecular complexity index is 1010. The van der Waals surface area contributed by atoms with Crippen molar-refractivity contribution in [2.45, 2.75) is 6.92 Å². The van der Waals surface area contributed by atoms with Crippen LogP contribution in [-0.2, 0) is 0 Å². The molecule has 3 heterocycles. The van der Waals surface area contributed by atoms with Crippen molar-refractivity contribution in [2.75, 3.05) is 38.4 Å². The minimum absolute atomic E-state index is 0.230. The molecule has 1 aromatic heterocycles. The van der Waals surface area contributed by atoms with Crippen molar-refractivity contribution in [3.63, 3.8) is 0 Å². The van der Waals surface area contributed by atoms with Crippen LogP contribution < -0.4 is 5.32 Å². The second-order valence-corrected chi connectivity index (χ2v) is 6.30. The molecule has 1 fully saturated rings. The van der Waals surface area contributed by atoms with Gasteiger partial charge >= 0.3 is 0 Å². The molecule has 1 saturated heterocycles. The fourth-order valence-electron chi connectivity index (χ4n) is 2.48. The predicted molar refractivity (Wildman–Crippen MR) is 94.0 cm³/mol. The third kappa shape index (κ3) is 2.40. The van der Waals surface area contributed by atoms with E-state index in [4.69, 9.17) is 11.0 Å². The van der Waals surface area contributed by atoms with Gasteiger partial charge in [0.2, 0.25) is 0 Å². The van der Waals surface area contributed by atoms with Gasteiger partial charge in [-0.2, -0.15) is 0 Å². The van der Waals surface area contributed by atoms with Gasteiger partial charge in [-0.15, -0.1) is 11.3 Å². The second kappa shape index (κ2) is 5.41. The number of aryl methyl sites for hydroxylation is 1. The maximum atomic E-state index is 8.52. The number of nitrogens with zero attached hydrogens (tertiary/aromatic N) is 3. The molecule has 0 unspecified atom stereocenters. The second-order valence-electron chi connectivity index (χ2n) is 5.07. The van der Waals surface area contributed by atoms with E-state index in [2.05, 4.69) is 10.3 Å². The third-order valence-corrected chi connectivity index (χ3v) is 4.44. The Labute approximate surface area is 146 Å². The molecular weight excluding hydrogens is 292 g/mol. The SMILES string of the molecule is [2H]c1c(C)sc2c1C(N1CC([2H])([2H])N(C([2H])([2H])[2H])C([2H])([2H])C1)=Nc1ccccc1N2. The molecule has 0 atom stereocenters. The molecule has 2 aromatic rings. The fraction of sp³-hybridized carbons (Fsp3) is 0.353. The van der Waals surface area contributed by atoms with E-state index in [1.807, 2.05) is 12.1 Å². The van der Waals surface area contributed by atoms with E-state index >= 15 is 0 Å². The monoisotopic (exact) mass is 320 g/mol. The van der Waals surface area contributed by atoms with Gasteiger partial charge in [0.05, 0.1) is 18.3 Å². The number of piperazine rings is 1. The molecule has 2 aliphatic rings. The van der Waals surface area contributed by atoms with Gasteiger partial charge in [0.15, 0.2) is 0 Å². The van der Waals surface area contributed by atoms with Gasteiger partial charge in [0, 0.05) is 40.6 Å². The van der Waals surface area contributed by atoms with Crippen molar-refractivity contribution in [3.05, 3.63) is 40.7 Å². The summed E-state index contributed by atoms with van der Waals surface area (Å²) in [5.41, 5.74) is 1.76. The molecule has 4 nitrogen and oxygen atoms in total. The molecule has 0 saturated carbocycles. The zero-order valence-corrected chi connectivity index (χ0v) is 12.8. The maximum Gasteiger partial charge on any atom is 0.139 e. The molecule has 22 heavy (non-hydrogen) atoms. The topological polar surface area (TPSA) is 30.9 Å². The van der Waals surface area contributed by atoms with Crippen molar-refractivity contribution in [2.24, 2.45) is 4.99 Å². The van der Waals surface area contributed by atoms with Crippen LogP contribution in [0.5, 0.6) is 0 Å². The Hall–Kier alpha value is -1.85. The average Bonchev–Trinajstić information content (AvgIpc) is 2.76. The number of para-hydroxylation sites is 2. The first kappa shape index (κ1) is 7.62. The van der Waals surface area contributed by atoms with Crippen LogP contribution in [0.4, 0.5) is 16.4 Å². The molecule has 2 aliphatic heterocycles. The Morgan fingerprint density at radius 2 is 2.18 bits per heavy atom. The molecule has 0 amide bonds. The summed E-state index contributed by atoms with van der Waals surface area (Å²) in [4.78, 5) is 7.14. The zero-order chi connectivity index (χ0) is 22.1. The van der Waals surface area contributed by atoms with Gasteiger partial charge in [0.1, 0.15) is 10.8 Å². The van der Waals surface area contributed by atoms with E-state index in [9.17, 15) is 0 Å². The quantitative estimate of drug-likeness (QED) is 0.807. The van der Waals surface area contributed by atoms with Gasteiger partial charge in [-0.05, 0) is 32.1 Å². The highest BCUT2D eigenvalue weighted by Gasteiger charge is 2.25. The van der Waals surface area contributed by atoms with Crippen molar-refractivity contribution in [1.82, 2.24) is 9.80 Å². The molecule has 5 heteroatoms. The summed E-state index contributed by atoms with van der Waals surface area (Å²) in [7, 11) is 0. The van der Waals surface area contributed by atoms with Crippen molar-refractivity contribution in [3.8, 4) is 0 Å². The number of fused-ring (bicyclic) bond motifs is 2. The highest BCUT2D eigenvalue weighted by molar-refractivity contribution is 7.16. The predicted octanol–water partition coefficient (Wildman–Crippen LogP) is 3.44. The normalized spacial score (nSPS) is 28.6. The number of hydrogen-bond donors (Lipinski definition) is 1. The molecule has 1 N–H and O–H groups in total. The highest BCUT2D eigenvalue weighted by Crippen LogP contribution is 2.39. The van der Waals surface area contributed by atoms with Crippen molar-refractivity contribution >= 4 is 33.5 Å². The van der Waals surface area contributed by atoms with Crippen LogP contribution in [0.1, 0.15) is 21.4 Å². The van der Waals surface area contributed by atoms with E-state index < -0.39 is 33.1 Å². The lowest BCUT2D eigenvalue weighted by Gasteiger charge is -2.34. The summed E-state index contributed by atoms with van der Waals surface area (Å²) >= 11 is 1.37. The summed E-state index contributed by atoms with van der Waals surface area (Å²) in [6.07, 6.45) is 0. The molecule has 0 radical (unpaired) electrons. The van der Waals surface area contributed by atoms with E-state index in [1.165, 1.54) is 16.2 Å². The number of hydrogen-bond acceptors (Lipinski definition) is 5. The molecule has 114 valence electrons. The van der Waals surface area contributed by atoms with Crippen molar-refractivity contribution in [1.29, 1.82) is 0 Å². The first-order valence-corrected chi connectivity index (χ1v) is 7.73.